The molecule has 0 aliphatic carbocycles. The fraction of sp³-hybridized carbons (Fsp3) is 0.588. The number of anilines is 1. The zero-order valence-corrected chi connectivity index (χ0v) is 14.0. The Morgan fingerprint density at radius 3 is 2.09 bits per heavy atom. The summed E-state index contributed by atoms with van der Waals surface area (Å²) in [6.45, 7) is 10.9. The van der Waals surface area contributed by atoms with E-state index in [1.165, 1.54) is 12.1 Å². The largest absolute Gasteiger partial charge is 0.444 e. The van der Waals surface area contributed by atoms with Crippen LogP contribution in [0.2, 0.25) is 0 Å². The van der Waals surface area contributed by atoms with Crippen molar-refractivity contribution in [3.05, 3.63) is 30.1 Å². The molecule has 22 heavy (non-hydrogen) atoms. The summed E-state index contributed by atoms with van der Waals surface area (Å²) in [6, 6.07) is 6.78. The molecule has 1 aromatic carbocycles. The van der Waals surface area contributed by atoms with Gasteiger partial charge in [0.05, 0.1) is 0 Å². The van der Waals surface area contributed by atoms with Crippen molar-refractivity contribution in [3.63, 3.8) is 0 Å². The van der Waals surface area contributed by atoms with Crippen molar-refractivity contribution in [1.29, 1.82) is 0 Å². The van der Waals surface area contributed by atoms with Crippen molar-refractivity contribution < 1.29 is 13.9 Å². The molecule has 1 saturated heterocycles. The Balaban J connectivity index is 2.09. The lowest BCUT2D eigenvalue weighted by atomic mass is 10.1. The molecule has 1 heterocycles. The standard InChI is InChI=1S/C17H25FN2O2/c1-12-10-19(16(21)22-17(3,4)5)11-13(2)20(12)15-8-6-14(18)7-9-15/h6-9,12-13H,10-11H2,1-5H3/t12-,13+. The lowest BCUT2D eigenvalue weighted by Crippen LogP contribution is -2.58. The SMILES string of the molecule is C[C@@H]1CN(C(=O)OC(C)(C)C)C[C@H](C)N1c1ccc(F)cc1. The summed E-state index contributed by atoms with van der Waals surface area (Å²) in [5, 5.41) is 0. The average Bonchev–Trinajstić information content (AvgIpc) is 2.38. The number of carbonyl (C=O) groups excluding carboxylic acids is 1. The van der Waals surface area contributed by atoms with Gasteiger partial charge in [-0.1, -0.05) is 0 Å². The number of piperazine rings is 1. The van der Waals surface area contributed by atoms with Crippen molar-refractivity contribution >= 4 is 11.8 Å². The van der Waals surface area contributed by atoms with Gasteiger partial charge in [0.1, 0.15) is 11.4 Å². The van der Waals surface area contributed by atoms with Crippen LogP contribution in [0.1, 0.15) is 34.6 Å². The van der Waals surface area contributed by atoms with Crippen LogP contribution < -0.4 is 4.90 Å². The second-order valence-electron chi connectivity index (χ2n) is 6.97. The van der Waals surface area contributed by atoms with Gasteiger partial charge in [-0.15, -0.1) is 0 Å². The molecule has 1 aromatic rings. The van der Waals surface area contributed by atoms with Gasteiger partial charge in [-0.05, 0) is 58.9 Å². The molecule has 2 rings (SSSR count). The number of amides is 1. The number of hydrogen-bond acceptors (Lipinski definition) is 3. The first kappa shape index (κ1) is 16.6. The molecule has 1 aliphatic rings. The summed E-state index contributed by atoms with van der Waals surface area (Å²) < 4.78 is 18.5. The Morgan fingerprint density at radius 1 is 1.14 bits per heavy atom. The second kappa shape index (κ2) is 6.15. The lowest BCUT2D eigenvalue weighted by molar-refractivity contribution is 0.0193. The predicted molar refractivity (Wildman–Crippen MR) is 85.6 cm³/mol. The number of hydrogen-bond donors (Lipinski definition) is 0. The first-order valence-corrected chi connectivity index (χ1v) is 7.69. The Bertz CT molecular complexity index is 512. The molecule has 4 nitrogen and oxygen atoms in total. The number of halogens is 1. The van der Waals surface area contributed by atoms with Gasteiger partial charge in [0.25, 0.3) is 0 Å². The van der Waals surface area contributed by atoms with Gasteiger partial charge in [0, 0.05) is 30.9 Å². The molecule has 2 atom stereocenters. The molecule has 5 heteroatoms. The van der Waals surface area contributed by atoms with Crippen LogP contribution in [0.3, 0.4) is 0 Å². The maximum Gasteiger partial charge on any atom is 0.410 e. The van der Waals surface area contributed by atoms with Gasteiger partial charge < -0.3 is 14.5 Å². The normalized spacial score (nSPS) is 22.6. The third kappa shape index (κ3) is 3.90. The molecular formula is C17H25FN2O2. The van der Waals surface area contributed by atoms with E-state index in [9.17, 15) is 9.18 Å². The fourth-order valence-electron chi connectivity index (χ4n) is 2.92. The van der Waals surface area contributed by atoms with E-state index in [0.29, 0.717) is 13.1 Å². The van der Waals surface area contributed by atoms with Crippen molar-refractivity contribution in [2.45, 2.75) is 52.3 Å². The summed E-state index contributed by atoms with van der Waals surface area (Å²) in [4.78, 5) is 16.2. The van der Waals surface area contributed by atoms with Gasteiger partial charge in [0.2, 0.25) is 0 Å². The van der Waals surface area contributed by atoms with Crippen LogP contribution in [-0.4, -0.2) is 41.8 Å². The molecule has 0 N–H and O–H groups in total. The van der Waals surface area contributed by atoms with Gasteiger partial charge in [-0.2, -0.15) is 0 Å². The topological polar surface area (TPSA) is 32.8 Å². The summed E-state index contributed by atoms with van der Waals surface area (Å²) in [6.07, 6.45) is -0.273. The van der Waals surface area contributed by atoms with Crippen molar-refractivity contribution in [3.8, 4) is 0 Å². The first-order valence-electron chi connectivity index (χ1n) is 7.69. The van der Waals surface area contributed by atoms with Crippen LogP contribution in [-0.2, 0) is 4.74 Å². The third-order valence-electron chi connectivity index (χ3n) is 3.70. The number of benzene rings is 1. The molecule has 0 unspecified atom stereocenters. The molecule has 1 fully saturated rings. The van der Waals surface area contributed by atoms with E-state index in [2.05, 4.69) is 18.7 Å². The molecular weight excluding hydrogens is 283 g/mol. The van der Waals surface area contributed by atoms with Gasteiger partial charge in [0.15, 0.2) is 0 Å². The third-order valence-corrected chi connectivity index (χ3v) is 3.70. The van der Waals surface area contributed by atoms with E-state index >= 15 is 0 Å². The number of rotatable bonds is 1. The summed E-state index contributed by atoms with van der Waals surface area (Å²) in [7, 11) is 0. The van der Waals surface area contributed by atoms with Crippen LogP contribution in [0.15, 0.2) is 24.3 Å². The monoisotopic (exact) mass is 308 g/mol. The lowest BCUT2D eigenvalue weighted by Gasteiger charge is -2.45. The smallest absolute Gasteiger partial charge is 0.410 e. The molecule has 0 spiro atoms. The minimum absolute atomic E-state index is 0.140. The van der Waals surface area contributed by atoms with E-state index in [0.717, 1.165) is 5.69 Å². The Kier molecular flexibility index (Phi) is 4.63. The molecule has 1 aliphatic heterocycles. The minimum atomic E-state index is -0.488. The molecule has 0 radical (unpaired) electrons. The van der Waals surface area contributed by atoms with Crippen LogP contribution in [0.5, 0.6) is 0 Å². The van der Waals surface area contributed by atoms with Gasteiger partial charge in [-0.3, -0.25) is 0 Å². The Labute approximate surface area is 131 Å². The number of ether oxygens (including phenoxy) is 1. The van der Waals surface area contributed by atoms with Crippen LogP contribution in [0.25, 0.3) is 0 Å². The van der Waals surface area contributed by atoms with E-state index in [1.54, 1.807) is 17.0 Å². The van der Waals surface area contributed by atoms with E-state index in [4.69, 9.17) is 4.74 Å². The average molecular weight is 308 g/mol. The molecule has 0 saturated carbocycles. The highest BCUT2D eigenvalue weighted by molar-refractivity contribution is 5.69. The van der Waals surface area contributed by atoms with Gasteiger partial charge in [-0.25, -0.2) is 9.18 Å². The number of carbonyl (C=O) groups is 1. The summed E-state index contributed by atoms with van der Waals surface area (Å²) >= 11 is 0. The van der Waals surface area contributed by atoms with Gasteiger partial charge >= 0.3 is 6.09 Å². The molecule has 1 amide bonds. The fourth-order valence-corrected chi connectivity index (χ4v) is 2.92. The minimum Gasteiger partial charge on any atom is -0.444 e. The molecule has 122 valence electrons. The zero-order valence-electron chi connectivity index (χ0n) is 14.0. The summed E-state index contributed by atoms with van der Waals surface area (Å²) in [5.41, 5.74) is 0.489. The van der Waals surface area contributed by atoms with Crippen LogP contribution in [0, 0.1) is 5.82 Å². The van der Waals surface area contributed by atoms with Crippen LogP contribution in [0.4, 0.5) is 14.9 Å². The second-order valence-corrected chi connectivity index (χ2v) is 6.97. The molecule has 0 aromatic heterocycles. The zero-order chi connectivity index (χ0) is 16.5. The van der Waals surface area contributed by atoms with Crippen molar-refractivity contribution in [1.82, 2.24) is 4.90 Å². The number of nitrogens with zero attached hydrogens (tertiary/aromatic N) is 2. The van der Waals surface area contributed by atoms with E-state index in [1.807, 2.05) is 20.8 Å². The highest BCUT2D eigenvalue weighted by Crippen LogP contribution is 2.25. The Hall–Kier alpha value is -1.78. The maximum atomic E-state index is 13.1. The first-order chi connectivity index (χ1) is 10.2. The van der Waals surface area contributed by atoms with E-state index < -0.39 is 5.60 Å². The van der Waals surface area contributed by atoms with Crippen molar-refractivity contribution in [2.24, 2.45) is 0 Å². The quantitative estimate of drug-likeness (QED) is 0.794. The summed E-state index contributed by atoms with van der Waals surface area (Å²) in [5.74, 6) is -0.239. The highest BCUT2D eigenvalue weighted by Gasteiger charge is 2.33. The predicted octanol–water partition coefficient (Wildman–Crippen LogP) is 3.66. The van der Waals surface area contributed by atoms with E-state index in [-0.39, 0.29) is 24.0 Å². The van der Waals surface area contributed by atoms with Crippen LogP contribution >= 0.6 is 0 Å². The maximum absolute atomic E-state index is 13.1. The highest BCUT2D eigenvalue weighted by atomic mass is 19.1. The Morgan fingerprint density at radius 2 is 1.64 bits per heavy atom. The molecule has 0 bridgehead atoms. The van der Waals surface area contributed by atoms with Crippen molar-refractivity contribution in [2.75, 3.05) is 18.0 Å².